The first-order chi connectivity index (χ1) is 8.09. The first kappa shape index (κ1) is 16.0. The Morgan fingerprint density at radius 1 is 1.29 bits per heavy atom. The second-order valence-electron chi connectivity index (χ2n) is 4.05. The average molecular weight is 250 g/mol. The van der Waals surface area contributed by atoms with Gasteiger partial charge in [0.15, 0.2) is 0 Å². The highest BCUT2D eigenvalue weighted by Gasteiger charge is 2.23. The van der Waals surface area contributed by atoms with Gasteiger partial charge in [-0.3, -0.25) is 0 Å². The molecule has 0 aromatic heterocycles. The Kier molecular flexibility index (Phi) is 7.66. The van der Waals surface area contributed by atoms with E-state index in [2.05, 4.69) is 38.2 Å². The lowest BCUT2D eigenvalue weighted by atomic mass is 10.1. The van der Waals surface area contributed by atoms with Gasteiger partial charge in [-0.1, -0.05) is 32.6 Å². The van der Waals surface area contributed by atoms with E-state index in [1.165, 1.54) is 0 Å². The highest BCUT2D eigenvalue weighted by Crippen LogP contribution is 2.18. The van der Waals surface area contributed by atoms with Gasteiger partial charge in [0.1, 0.15) is 14.2 Å². The highest BCUT2D eigenvalue weighted by atomic mass is 28.3. The molecule has 2 nitrogen and oxygen atoms in total. The van der Waals surface area contributed by atoms with Crippen molar-refractivity contribution < 1.29 is 10.2 Å². The van der Waals surface area contributed by atoms with Crippen LogP contribution in [0.1, 0.15) is 20.8 Å². The van der Waals surface area contributed by atoms with Crippen molar-refractivity contribution >= 4 is 8.07 Å². The molecule has 0 amide bonds. The van der Waals surface area contributed by atoms with Crippen LogP contribution in [-0.2, 0) is 0 Å². The van der Waals surface area contributed by atoms with Crippen LogP contribution >= 0.6 is 0 Å². The number of hydrogen-bond donors (Lipinski definition) is 2. The summed E-state index contributed by atoms with van der Waals surface area (Å²) in [6, 6.07) is 3.40. The van der Waals surface area contributed by atoms with Gasteiger partial charge in [0.25, 0.3) is 0 Å². The van der Waals surface area contributed by atoms with Crippen LogP contribution in [0.5, 0.6) is 0 Å². The van der Waals surface area contributed by atoms with Crippen molar-refractivity contribution in [3.05, 3.63) is 11.6 Å². The maximum atomic E-state index is 9.40. The van der Waals surface area contributed by atoms with Crippen LogP contribution in [0, 0.1) is 23.8 Å². The smallest absolute Gasteiger partial charge is 0.138 e. The van der Waals surface area contributed by atoms with Crippen LogP contribution < -0.4 is 0 Å². The minimum Gasteiger partial charge on any atom is -0.393 e. The number of hydrogen-bond acceptors (Lipinski definition) is 2. The third kappa shape index (κ3) is 4.79. The number of aliphatic hydroxyl groups is 2. The van der Waals surface area contributed by atoms with Crippen LogP contribution in [0.3, 0.4) is 0 Å². The fourth-order valence-electron chi connectivity index (χ4n) is 1.61. The van der Waals surface area contributed by atoms with Gasteiger partial charge in [0, 0.05) is 11.6 Å². The monoisotopic (exact) mass is 250 g/mol. The molecule has 0 saturated carbocycles. The molecule has 0 radical (unpaired) electrons. The summed E-state index contributed by atoms with van der Waals surface area (Å²) in [5.74, 6) is 5.34. The Morgan fingerprint density at radius 2 is 1.82 bits per heavy atom. The molecule has 0 aliphatic heterocycles. The number of allylic oxidation sites excluding steroid dienone is 1. The highest BCUT2D eigenvalue weighted by molar-refractivity contribution is 6.87. The molecule has 0 bridgehead atoms. The first-order valence-corrected chi connectivity index (χ1v) is 8.69. The fraction of sp³-hybridized carbons (Fsp3) is 0.571. The third-order valence-electron chi connectivity index (χ3n) is 3.29. The molecule has 3 heteroatoms. The topological polar surface area (TPSA) is 40.5 Å². The van der Waals surface area contributed by atoms with Crippen molar-refractivity contribution in [2.75, 3.05) is 6.61 Å². The maximum Gasteiger partial charge on any atom is 0.138 e. The molecule has 0 aromatic rings. The van der Waals surface area contributed by atoms with Gasteiger partial charge in [0.2, 0.25) is 0 Å². The first-order valence-electron chi connectivity index (χ1n) is 6.07. The van der Waals surface area contributed by atoms with Gasteiger partial charge in [-0.15, -0.1) is 12.0 Å². The summed E-state index contributed by atoms with van der Waals surface area (Å²) in [6.07, 6.45) is 5.82. The fourth-order valence-corrected chi connectivity index (χ4v) is 4.02. The Hall–Kier alpha value is -1.00. The van der Waals surface area contributed by atoms with Gasteiger partial charge in [-0.2, -0.15) is 0 Å². The normalized spacial score (nSPS) is 13.5. The lowest BCUT2D eigenvalue weighted by molar-refractivity contribution is 0.126. The lowest BCUT2D eigenvalue weighted by Gasteiger charge is -2.19. The molecule has 17 heavy (non-hydrogen) atoms. The van der Waals surface area contributed by atoms with Crippen LogP contribution in [0.15, 0.2) is 11.6 Å². The van der Waals surface area contributed by atoms with E-state index in [-0.39, 0.29) is 6.61 Å². The van der Waals surface area contributed by atoms with E-state index >= 15 is 0 Å². The Labute approximate surface area is 106 Å². The zero-order valence-electron chi connectivity index (χ0n) is 11.0. The van der Waals surface area contributed by atoms with Gasteiger partial charge < -0.3 is 10.2 Å². The molecule has 0 saturated heterocycles. The van der Waals surface area contributed by atoms with Gasteiger partial charge in [0.05, 0.1) is 6.61 Å². The van der Waals surface area contributed by atoms with Crippen LogP contribution in [0.25, 0.3) is 0 Å². The quantitative estimate of drug-likeness (QED) is 0.578. The largest absolute Gasteiger partial charge is 0.393 e. The van der Waals surface area contributed by atoms with Crippen LogP contribution in [-0.4, -0.2) is 31.0 Å². The van der Waals surface area contributed by atoms with Crippen LogP contribution in [0.2, 0.25) is 18.1 Å². The lowest BCUT2D eigenvalue weighted by Crippen LogP contribution is -2.29. The standard InChI is InChI=1S/C14H22O2Si/c1-5-13(14(16)12-15)10-9-11-17(6-2,7-3)8-4/h1,10,14-16H,6-8,12H2,2-4H3/b13-10-/t14-/m1/s1. The van der Waals surface area contributed by atoms with Gasteiger partial charge in [-0.05, 0) is 18.1 Å². The van der Waals surface area contributed by atoms with Crippen molar-refractivity contribution in [2.45, 2.75) is 45.0 Å². The number of aliphatic hydroxyl groups excluding tert-OH is 2. The predicted molar refractivity (Wildman–Crippen MR) is 75.0 cm³/mol. The summed E-state index contributed by atoms with van der Waals surface area (Å²) in [4.78, 5) is 0. The molecule has 0 heterocycles. The maximum absolute atomic E-state index is 9.40. The van der Waals surface area contributed by atoms with Crippen molar-refractivity contribution in [1.29, 1.82) is 0 Å². The molecule has 0 rings (SSSR count). The second-order valence-corrected chi connectivity index (χ2v) is 8.98. The van der Waals surface area contributed by atoms with E-state index in [1.54, 1.807) is 6.08 Å². The second kappa shape index (κ2) is 8.14. The van der Waals surface area contributed by atoms with E-state index in [0.29, 0.717) is 5.57 Å². The van der Waals surface area contributed by atoms with Crippen molar-refractivity contribution in [3.63, 3.8) is 0 Å². The Bertz CT molecular complexity index is 342. The predicted octanol–water partition coefficient (Wildman–Crippen LogP) is 1.95. The Morgan fingerprint density at radius 3 is 2.18 bits per heavy atom. The van der Waals surface area contributed by atoms with E-state index in [4.69, 9.17) is 11.5 Å². The van der Waals surface area contributed by atoms with E-state index < -0.39 is 14.2 Å². The van der Waals surface area contributed by atoms with Gasteiger partial charge >= 0.3 is 0 Å². The van der Waals surface area contributed by atoms with E-state index in [9.17, 15) is 5.11 Å². The zero-order chi connectivity index (χ0) is 13.3. The average Bonchev–Trinajstić information content (AvgIpc) is 2.39. The molecule has 0 aliphatic rings. The molecule has 0 unspecified atom stereocenters. The molecule has 0 aliphatic carbocycles. The summed E-state index contributed by atoms with van der Waals surface area (Å²) in [5, 5.41) is 18.2. The van der Waals surface area contributed by atoms with Crippen molar-refractivity contribution in [3.8, 4) is 23.8 Å². The molecule has 0 spiro atoms. The molecule has 94 valence electrons. The molecular weight excluding hydrogens is 228 g/mol. The molecule has 2 N–H and O–H groups in total. The SMILES string of the molecule is C#C/C(=C/C#C[Si](CC)(CC)CC)[C@H](O)CO. The Balaban J connectivity index is 4.96. The summed E-state index contributed by atoms with van der Waals surface area (Å²) in [7, 11) is -1.46. The van der Waals surface area contributed by atoms with E-state index in [1.807, 2.05) is 0 Å². The van der Waals surface area contributed by atoms with E-state index in [0.717, 1.165) is 18.1 Å². The summed E-state index contributed by atoms with van der Waals surface area (Å²) >= 11 is 0. The van der Waals surface area contributed by atoms with Crippen LogP contribution in [0.4, 0.5) is 0 Å². The minimum absolute atomic E-state index is 0.353. The summed E-state index contributed by atoms with van der Waals surface area (Å²) in [5.41, 5.74) is 3.70. The number of terminal acetylenes is 1. The van der Waals surface area contributed by atoms with Crippen molar-refractivity contribution in [2.24, 2.45) is 0 Å². The molecule has 0 fully saturated rings. The van der Waals surface area contributed by atoms with Gasteiger partial charge in [-0.25, -0.2) is 0 Å². The summed E-state index contributed by atoms with van der Waals surface area (Å²) < 4.78 is 0. The summed E-state index contributed by atoms with van der Waals surface area (Å²) in [6.45, 7) is 6.18. The molecule has 1 atom stereocenters. The minimum atomic E-state index is -1.46. The van der Waals surface area contributed by atoms with Crippen molar-refractivity contribution in [1.82, 2.24) is 0 Å². The third-order valence-corrected chi connectivity index (χ3v) is 8.03. The zero-order valence-corrected chi connectivity index (χ0v) is 12.0. The molecular formula is C14H22O2Si. The number of rotatable bonds is 5. The molecule has 0 aromatic carbocycles.